The van der Waals surface area contributed by atoms with Crippen LogP contribution in [0.15, 0.2) is 11.0 Å². The Morgan fingerprint density at radius 1 is 1.56 bits per heavy atom. The molecule has 2 fully saturated rings. The fourth-order valence-corrected chi connectivity index (χ4v) is 2.83. The third-order valence-corrected chi connectivity index (χ3v) is 4.08. The minimum absolute atomic E-state index is 0.131. The first kappa shape index (κ1) is 12.0. The topological polar surface area (TPSA) is 79.2 Å². The molecule has 1 aliphatic heterocycles. The van der Waals surface area contributed by atoms with Crippen molar-refractivity contribution in [1.82, 2.24) is 15.1 Å². The quantitative estimate of drug-likeness (QED) is 0.689. The summed E-state index contributed by atoms with van der Waals surface area (Å²) < 4.78 is 1.17. The average molecular weight is 271 g/mol. The molecule has 7 heteroatoms. The molecule has 98 valence electrons. The highest BCUT2D eigenvalue weighted by Crippen LogP contribution is 2.44. The summed E-state index contributed by atoms with van der Waals surface area (Å²) in [7, 11) is 0. The monoisotopic (exact) mass is 270 g/mol. The van der Waals surface area contributed by atoms with Gasteiger partial charge < -0.3 is 15.7 Å². The van der Waals surface area contributed by atoms with Crippen LogP contribution < -0.4 is 16.2 Å². The lowest BCUT2D eigenvalue weighted by Gasteiger charge is -2.11. The van der Waals surface area contributed by atoms with E-state index >= 15 is 0 Å². The number of piperidine rings is 1. The Labute approximate surface area is 109 Å². The molecule has 18 heavy (non-hydrogen) atoms. The van der Waals surface area contributed by atoms with Gasteiger partial charge in [-0.3, -0.25) is 4.79 Å². The minimum atomic E-state index is -0.361. The molecule has 3 rings (SSSR count). The van der Waals surface area contributed by atoms with Crippen LogP contribution in [-0.4, -0.2) is 40.6 Å². The van der Waals surface area contributed by atoms with Gasteiger partial charge in [-0.2, -0.15) is 5.10 Å². The minimum Gasteiger partial charge on any atom is -0.394 e. The standard InChI is InChI=1S/C11H15ClN4O2/c12-9-8(5-14-16(1-2-17)11(9)18)15-10-6-3-13-4-7(6)10/h5-7,10,13,15,17H,1-4H2. The number of fused-ring (bicyclic) bond motifs is 1. The molecule has 1 saturated heterocycles. The van der Waals surface area contributed by atoms with Crippen LogP contribution >= 0.6 is 11.6 Å². The predicted octanol–water partition coefficient (Wildman–Crippen LogP) is -0.481. The van der Waals surface area contributed by atoms with Crippen molar-refractivity contribution in [2.45, 2.75) is 12.6 Å². The van der Waals surface area contributed by atoms with Crippen LogP contribution in [0.5, 0.6) is 0 Å². The number of aliphatic hydroxyl groups is 1. The van der Waals surface area contributed by atoms with Gasteiger partial charge in [0.05, 0.1) is 25.0 Å². The Hall–Kier alpha value is -1.11. The Kier molecular flexibility index (Phi) is 3.01. The van der Waals surface area contributed by atoms with Crippen molar-refractivity contribution in [3.63, 3.8) is 0 Å². The van der Waals surface area contributed by atoms with Crippen molar-refractivity contribution < 1.29 is 5.11 Å². The zero-order chi connectivity index (χ0) is 12.7. The second-order valence-corrected chi connectivity index (χ2v) is 5.16. The molecule has 1 aromatic rings. The van der Waals surface area contributed by atoms with Gasteiger partial charge in [0.25, 0.3) is 5.56 Å². The molecule has 1 aromatic heterocycles. The summed E-state index contributed by atoms with van der Waals surface area (Å²) in [6.07, 6.45) is 1.56. The maximum absolute atomic E-state index is 11.8. The molecule has 0 aromatic carbocycles. The molecule has 2 heterocycles. The second kappa shape index (κ2) is 4.53. The number of aromatic nitrogens is 2. The van der Waals surface area contributed by atoms with Gasteiger partial charge in [0.1, 0.15) is 5.02 Å². The maximum atomic E-state index is 11.8. The zero-order valence-corrected chi connectivity index (χ0v) is 10.5. The van der Waals surface area contributed by atoms with Crippen molar-refractivity contribution >= 4 is 17.3 Å². The van der Waals surface area contributed by atoms with Gasteiger partial charge >= 0.3 is 0 Å². The number of hydrogen-bond acceptors (Lipinski definition) is 5. The molecule has 0 radical (unpaired) electrons. The van der Waals surface area contributed by atoms with E-state index in [1.54, 1.807) is 6.20 Å². The third-order valence-electron chi connectivity index (χ3n) is 3.71. The van der Waals surface area contributed by atoms with Crippen LogP contribution in [0, 0.1) is 11.8 Å². The van der Waals surface area contributed by atoms with Gasteiger partial charge in [-0.05, 0) is 11.8 Å². The molecule has 6 nitrogen and oxygen atoms in total. The van der Waals surface area contributed by atoms with Crippen molar-refractivity contribution in [3.05, 3.63) is 21.6 Å². The van der Waals surface area contributed by atoms with E-state index in [-0.39, 0.29) is 23.7 Å². The molecule has 2 unspecified atom stereocenters. The van der Waals surface area contributed by atoms with E-state index < -0.39 is 0 Å². The fourth-order valence-electron chi connectivity index (χ4n) is 2.63. The number of anilines is 1. The maximum Gasteiger partial charge on any atom is 0.287 e. The Morgan fingerprint density at radius 3 is 2.94 bits per heavy atom. The first-order chi connectivity index (χ1) is 8.72. The molecule has 0 bridgehead atoms. The third kappa shape index (κ3) is 1.90. The van der Waals surface area contributed by atoms with Crippen molar-refractivity contribution in [2.75, 3.05) is 25.0 Å². The van der Waals surface area contributed by atoms with Gasteiger partial charge in [0.2, 0.25) is 0 Å². The van der Waals surface area contributed by atoms with Crippen LogP contribution in [0.3, 0.4) is 0 Å². The average Bonchev–Trinajstić information content (AvgIpc) is 2.81. The molecule has 2 aliphatic rings. The summed E-state index contributed by atoms with van der Waals surface area (Å²) >= 11 is 6.03. The van der Waals surface area contributed by atoms with Gasteiger partial charge in [0.15, 0.2) is 0 Å². The van der Waals surface area contributed by atoms with E-state index in [0.29, 0.717) is 23.6 Å². The normalized spacial score (nSPS) is 29.1. The second-order valence-electron chi connectivity index (χ2n) is 4.78. The fraction of sp³-hybridized carbons (Fsp3) is 0.636. The summed E-state index contributed by atoms with van der Waals surface area (Å²) in [5.41, 5.74) is 0.231. The lowest BCUT2D eigenvalue weighted by atomic mass is 10.4. The number of nitrogens with zero attached hydrogens (tertiary/aromatic N) is 2. The molecule has 1 saturated carbocycles. The van der Waals surface area contributed by atoms with E-state index in [0.717, 1.165) is 13.1 Å². The van der Waals surface area contributed by atoms with Crippen LogP contribution in [0.2, 0.25) is 5.02 Å². The number of hydrogen-bond donors (Lipinski definition) is 3. The smallest absolute Gasteiger partial charge is 0.287 e. The molecular formula is C11H15ClN4O2. The van der Waals surface area contributed by atoms with Crippen molar-refractivity contribution in [2.24, 2.45) is 11.8 Å². The van der Waals surface area contributed by atoms with Gasteiger partial charge in [-0.1, -0.05) is 11.6 Å². The molecule has 0 amide bonds. The van der Waals surface area contributed by atoms with Gasteiger partial charge in [-0.15, -0.1) is 0 Å². The summed E-state index contributed by atoms with van der Waals surface area (Å²) in [4.78, 5) is 11.8. The molecule has 2 atom stereocenters. The lowest BCUT2D eigenvalue weighted by molar-refractivity contribution is 0.266. The highest BCUT2D eigenvalue weighted by atomic mass is 35.5. The van der Waals surface area contributed by atoms with E-state index in [1.165, 1.54) is 4.68 Å². The van der Waals surface area contributed by atoms with Crippen LogP contribution in [0.4, 0.5) is 5.69 Å². The van der Waals surface area contributed by atoms with Crippen molar-refractivity contribution in [1.29, 1.82) is 0 Å². The summed E-state index contributed by atoms with van der Waals surface area (Å²) in [6, 6.07) is 0.402. The number of rotatable bonds is 4. The summed E-state index contributed by atoms with van der Waals surface area (Å²) in [5.74, 6) is 1.28. The first-order valence-corrected chi connectivity index (χ1v) is 6.44. The van der Waals surface area contributed by atoms with Crippen LogP contribution in [0.1, 0.15) is 0 Å². The number of aliphatic hydroxyl groups excluding tert-OH is 1. The Bertz CT molecular complexity index is 508. The highest BCUT2D eigenvalue weighted by Gasteiger charge is 2.53. The predicted molar refractivity (Wildman–Crippen MR) is 67.9 cm³/mol. The summed E-state index contributed by atoms with van der Waals surface area (Å²) in [5, 5.41) is 19.5. The molecular weight excluding hydrogens is 256 g/mol. The van der Waals surface area contributed by atoms with Crippen LogP contribution in [-0.2, 0) is 6.54 Å². The number of halogens is 1. The first-order valence-electron chi connectivity index (χ1n) is 6.06. The van der Waals surface area contributed by atoms with E-state index in [9.17, 15) is 4.79 Å². The van der Waals surface area contributed by atoms with Gasteiger partial charge in [0, 0.05) is 19.1 Å². The molecule has 3 N–H and O–H groups in total. The largest absolute Gasteiger partial charge is 0.394 e. The molecule has 0 spiro atoms. The van der Waals surface area contributed by atoms with Gasteiger partial charge in [-0.25, -0.2) is 4.68 Å². The molecule has 1 aliphatic carbocycles. The van der Waals surface area contributed by atoms with E-state index in [2.05, 4.69) is 15.7 Å². The van der Waals surface area contributed by atoms with E-state index in [1.807, 2.05) is 0 Å². The number of nitrogens with one attached hydrogen (secondary N) is 2. The van der Waals surface area contributed by atoms with Crippen LogP contribution in [0.25, 0.3) is 0 Å². The van der Waals surface area contributed by atoms with Crippen molar-refractivity contribution in [3.8, 4) is 0 Å². The Morgan fingerprint density at radius 2 is 2.28 bits per heavy atom. The highest BCUT2D eigenvalue weighted by molar-refractivity contribution is 6.32. The lowest BCUT2D eigenvalue weighted by Crippen LogP contribution is -2.27. The zero-order valence-electron chi connectivity index (χ0n) is 9.77. The Balaban J connectivity index is 1.77. The van der Waals surface area contributed by atoms with E-state index in [4.69, 9.17) is 16.7 Å². The summed E-state index contributed by atoms with van der Waals surface area (Å²) in [6.45, 7) is 2.08. The SMILES string of the molecule is O=c1c(Cl)c(NC2C3CNCC32)cnn1CCO.